The van der Waals surface area contributed by atoms with E-state index in [0.717, 1.165) is 0 Å². The molecule has 0 radical (unpaired) electrons. The molecule has 1 aliphatic heterocycles. The zero-order valence-corrected chi connectivity index (χ0v) is 9.26. The molecule has 0 fully saturated rings. The molecule has 0 saturated carbocycles. The zero-order valence-electron chi connectivity index (χ0n) is 9.26. The van der Waals surface area contributed by atoms with Gasteiger partial charge in [-0.2, -0.15) is 0 Å². The first-order valence-corrected chi connectivity index (χ1v) is 5.16. The fourth-order valence-corrected chi connectivity index (χ4v) is 1.94. The normalized spacial score (nSPS) is 18.1. The number of fused-ring (bicyclic) bond motifs is 1. The largest absolute Gasteiger partial charge is 0.374 e. The van der Waals surface area contributed by atoms with Gasteiger partial charge in [-0.15, -0.1) is 0 Å². The standard InChI is InChI=1S/C12H13F2NO/c1-8(16)9-3-4-11-10(7-9)12(13,14)5-6-15(11)2/h3-4,7H,5-6H2,1-2H3. The van der Waals surface area contributed by atoms with Crippen LogP contribution in [0.4, 0.5) is 14.5 Å². The van der Waals surface area contributed by atoms with E-state index in [4.69, 9.17) is 0 Å². The molecule has 1 heterocycles. The number of ketones is 1. The fraction of sp³-hybridized carbons (Fsp3) is 0.417. The Morgan fingerprint density at radius 2 is 2.12 bits per heavy atom. The van der Waals surface area contributed by atoms with Gasteiger partial charge in [0.05, 0.1) is 0 Å². The number of alkyl halides is 2. The molecule has 86 valence electrons. The summed E-state index contributed by atoms with van der Waals surface area (Å²) in [5.41, 5.74) is 0.823. The van der Waals surface area contributed by atoms with Crippen molar-refractivity contribution in [2.24, 2.45) is 0 Å². The number of carbonyl (C=O) groups excluding carboxylic acids is 1. The Balaban J connectivity index is 2.57. The van der Waals surface area contributed by atoms with Gasteiger partial charge in [0.15, 0.2) is 5.78 Å². The van der Waals surface area contributed by atoms with Gasteiger partial charge in [0.1, 0.15) is 0 Å². The Bertz CT molecular complexity index is 443. The number of rotatable bonds is 1. The molecule has 16 heavy (non-hydrogen) atoms. The van der Waals surface area contributed by atoms with Crippen LogP contribution in [0.5, 0.6) is 0 Å². The van der Waals surface area contributed by atoms with Crippen LogP contribution in [0.2, 0.25) is 0 Å². The van der Waals surface area contributed by atoms with Crippen LogP contribution in [0.1, 0.15) is 29.3 Å². The van der Waals surface area contributed by atoms with Crippen molar-refractivity contribution in [3.8, 4) is 0 Å². The Kier molecular flexibility index (Phi) is 2.45. The molecule has 1 aromatic rings. The Hall–Kier alpha value is -1.45. The molecular formula is C12H13F2NO. The summed E-state index contributed by atoms with van der Waals surface area (Å²) in [6.07, 6.45) is -0.197. The van der Waals surface area contributed by atoms with Gasteiger partial charge in [0.2, 0.25) is 0 Å². The van der Waals surface area contributed by atoms with Crippen LogP contribution in [-0.4, -0.2) is 19.4 Å². The summed E-state index contributed by atoms with van der Waals surface area (Å²) in [6.45, 7) is 1.71. The van der Waals surface area contributed by atoms with Crippen molar-refractivity contribution >= 4 is 11.5 Å². The number of anilines is 1. The summed E-state index contributed by atoms with van der Waals surface area (Å²) >= 11 is 0. The SMILES string of the molecule is CC(=O)c1ccc2c(c1)C(F)(F)CCN2C. The van der Waals surface area contributed by atoms with Gasteiger partial charge < -0.3 is 4.90 Å². The van der Waals surface area contributed by atoms with Crippen LogP contribution in [0.15, 0.2) is 18.2 Å². The maximum Gasteiger partial charge on any atom is 0.276 e. The highest BCUT2D eigenvalue weighted by Crippen LogP contribution is 2.42. The van der Waals surface area contributed by atoms with Crippen LogP contribution in [0, 0.1) is 0 Å². The molecule has 0 N–H and O–H groups in total. The van der Waals surface area contributed by atoms with Gasteiger partial charge in [-0.05, 0) is 25.1 Å². The summed E-state index contributed by atoms with van der Waals surface area (Å²) in [5.74, 6) is -3.01. The predicted molar refractivity (Wildman–Crippen MR) is 58.2 cm³/mol. The third-order valence-electron chi connectivity index (χ3n) is 2.97. The van der Waals surface area contributed by atoms with E-state index in [1.807, 2.05) is 0 Å². The first-order chi connectivity index (χ1) is 7.42. The second-order valence-corrected chi connectivity index (χ2v) is 4.16. The minimum Gasteiger partial charge on any atom is -0.374 e. The average Bonchev–Trinajstić information content (AvgIpc) is 2.23. The third-order valence-corrected chi connectivity index (χ3v) is 2.97. The molecule has 0 amide bonds. The number of hydrogen-bond acceptors (Lipinski definition) is 2. The van der Waals surface area contributed by atoms with Crippen LogP contribution in [-0.2, 0) is 5.92 Å². The van der Waals surface area contributed by atoms with Crippen molar-refractivity contribution in [1.82, 2.24) is 0 Å². The van der Waals surface area contributed by atoms with Crippen molar-refractivity contribution in [3.05, 3.63) is 29.3 Å². The van der Waals surface area contributed by atoms with Crippen molar-refractivity contribution in [2.45, 2.75) is 19.3 Å². The van der Waals surface area contributed by atoms with E-state index in [2.05, 4.69) is 0 Å². The van der Waals surface area contributed by atoms with Crippen LogP contribution in [0.3, 0.4) is 0 Å². The van der Waals surface area contributed by atoms with E-state index in [1.165, 1.54) is 13.0 Å². The smallest absolute Gasteiger partial charge is 0.276 e. The highest BCUT2D eigenvalue weighted by atomic mass is 19.3. The number of halogens is 2. The van der Waals surface area contributed by atoms with Crippen molar-refractivity contribution in [3.63, 3.8) is 0 Å². The first kappa shape index (κ1) is 11.0. The van der Waals surface area contributed by atoms with E-state index in [9.17, 15) is 13.6 Å². The van der Waals surface area contributed by atoms with Gasteiger partial charge in [-0.3, -0.25) is 4.79 Å². The predicted octanol–water partition coefficient (Wildman–Crippen LogP) is 2.82. The van der Waals surface area contributed by atoms with Gasteiger partial charge in [-0.25, -0.2) is 8.78 Å². The van der Waals surface area contributed by atoms with Gasteiger partial charge >= 0.3 is 0 Å². The number of benzene rings is 1. The van der Waals surface area contributed by atoms with Gasteiger partial charge in [0.25, 0.3) is 5.92 Å². The van der Waals surface area contributed by atoms with Crippen LogP contribution < -0.4 is 4.90 Å². The lowest BCUT2D eigenvalue weighted by atomic mass is 9.95. The molecule has 0 saturated heterocycles. The molecule has 1 aromatic carbocycles. The van der Waals surface area contributed by atoms with Crippen LogP contribution in [0.25, 0.3) is 0 Å². The minimum absolute atomic E-state index is 0.0334. The lowest BCUT2D eigenvalue weighted by molar-refractivity contribution is -0.0147. The molecule has 0 aromatic heterocycles. The lowest BCUT2D eigenvalue weighted by Crippen LogP contribution is -2.33. The lowest BCUT2D eigenvalue weighted by Gasteiger charge is -2.33. The minimum atomic E-state index is -2.83. The van der Waals surface area contributed by atoms with Gasteiger partial charge in [-0.1, -0.05) is 0 Å². The number of hydrogen-bond donors (Lipinski definition) is 0. The second-order valence-electron chi connectivity index (χ2n) is 4.16. The van der Waals surface area contributed by atoms with E-state index >= 15 is 0 Å². The molecule has 0 bridgehead atoms. The Morgan fingerprint density at radius 1 is 1.44 bits per heavy atom. The molecule has 2 rings (SSSR count). The maximum atomic E-state index is 13.7. The number of nitrogens with zero attached hydrogens (tertiary/aromatic N) is 1. The summed E-state index contributed by atoms with van der Waals surface area (Å²) in [4.78, 5) is 13.0. The van der Waals surface area contributed by atoms with E-state index in [-0.39, 0.29) is 17.8 Å². The third kappa shape index (κ3) is 1.68. The highest BCUT2D eigenvalue weighted by Gasteiger charge is 2.38. The van der Waals surface area contributed by atoms with Gasteiger partial charge in [0, 0.05) is 36.8 Å². The Morgan fingerprint density at radius 3 is 2.75 bits per heavy atom. The number of Topliss-reactive ketones (excluding diaryl/α,β-unsaturated/α-hetero) is 1. The summed E-state index contributed by atoms with van der Waals surface area (Å²) in [7, 11) is 1.78. The second kappa shape index (κ2) is 3.54. The molecule has 0 atom stereocenters. The molecule has 4 heteroatoms. The molecule has 0 spiro atoms. The van der Waals surface area contributed by atoms with E-state index < -0.39 is 5.92 Å². The average molecular weight is 225 g/mol. The Labute approximate surface area is 92.9 Å². The molecular weight excluding hydrogens is 212 g/mol. The van der Waals surface area contributed by atoms with Crippen LogP contribution >= 0.6 is 0 Å². The molecule has 0 unspecified atom stereocenters. The fourth-order valence-electron chi connectivity index (χ4n) is 1.94. The maximum absolute atomic E-state index is 13.7. The summed E-state index contributed by atoms with van der Waals surface area (Å²) in [6, 6.07) is 4.51. The topological polar surface area (TPSA) is 20.3 Å². The summed E-state index contributed by atoms with van der Waals surface area (Å²) in [5, 5.41) is 0. The monoisotopic (exact) mass is 225 g/mol. The molecule has 1 aliphatic rings. The van der Waals surface area contributed by atoms with Crippen molar-refractivity contribution in [1.29, 1.82) is 0 Å². The van der Waals surface area contributed by atoms with Crippen molar-refractivity contribution in [2.75, 3.05) is 18.5 Å². The number of carbonyl (C=O) groups is 1. The molecule has 0 aliphatic carbocycles. The van der Waals surface area contributed by atoms with E-state index in [1.54, 1.807) is 24.1 Å². The molecule has 2 nitrogen and oxygen atoms in total. The summed E-state index contributed by atoms with van der Waals surface area (Å²) < 4.78 is 27.4. The highest BCUT2D eigenvalue weighted by molar-refractivity contribution is 5.94. The van der Waals surface area contributed by atoms with Crippen molar-refractivity contribution < 1.29 is 13.6 Å². The first-order valence-electron chi connectivity index (χ1n) is 5.16. The van der Waals surface area contributed by atoms with E-state index in [0.29, 0.717) is 17.8 Å². The quantitative estimate of drug-likeness (QED) is 0.685. The zero-order chi connectivity index (χ0) is 11.9.